The zero-order chi connectivity index (χ0) is 18.1. The van der Waals surface area contributed by atoms with Crippen LogP contribution >= 0.6 is 0 Å². The van der Waals surface area contributed by atoms with Crippen molar-refractivity contribution in [1.82, 2.24) is 0 Å². The Morgan fingerprint density at radius 3 is 2.62 bits per heavy atom. The molecule has 6 nitrogen and oxygen atoms in total. The van der Waals surface area contributed by atoms with Gasteiger partial charge in [0.1, 0.15) is 0 Å². The van der Waals surface area contributed by atoms with Crippen LogP contribution in [0.1, 0.15) is 24.2 Å². The Bertz CT molecular complexity index is 817. The maximum absolute atomic E-state index is 12.5. The summed E-state index contributed by atoms with van der Waals surface area (Å²) >= 11 is 0. The highest BCUT2D eigenvalue weighted by molar-refractivity contribution is 6.04. The Kier molecular flexibility index (Phi) is 4.20. The normalized spacial score (nSPS) is 17.8. The molecule has 2 aliphatic heterocycles. The quantitative estimate of drug-likeness (QED) is 0.917. The van der Waals surface area contributed by atoms with E-state index in [0.717, 1.165) is 24.5 Å². The summed E-state index contributed by atoms with van der Waals surface area (Å²) in [6, 6.07) is 13.1. The highest BCUT2D eigenvalue weighted by Crippen LogP contribution is 2.33. The largest absolute Gasteiger partial charge is 0.454 e. The van der Waals surface area contributed by atoms with Crippen LogP contribution in [0.3, 0.4) is 0 Å². The predicted octanol–water partition coefficient (Wildman–Crippen LogP) is 3.28. The molecule has 136 valence electrons. The number of hydrogen-bond donors (Lipinski definition) is 1. The van der Waals surface area contributed by atoms with Crippen molar-refractivity contribution in [1.29, 1.82) is 0 Å². The van der Waals surface area contributed by atoms with E-state index in [4.69, 9.17) is 14.2 Å². The van der Waals surface area contributed by atoms with Crippen molar-refractivity contribution in [3.05, 3.63) is 48.0 Å². The fourth-order valence-corrected chi connectivity index (χ4v) is 3.30. The number of morpholine rings is 1. The fourth-order valence-electron chi connectivity index (χ4n) is 3.30. The van der Waals surface area contributed by atoms with Gasteiger partial charge in [-0.15, -0.1) is 0 Å². The van der Waals surface area contributed by atoms with Crippen LogP contribution in [0.15, 0.2) is 42.5 Å². The van der Waals surface area contributed by atoms with E-state index < -0.39 is 0 Å². The van der Waals surface area contributed by atoms with Gasteiger partial charge in [0, 0.05) is 23.5 Å². The maximum Gasteiger partial charge on any atom is 0.255 e. The topological polar surface area (TPSA) is 60.0 Å². The number of anilines is 2. The van der Waals surface area contributed by atoms with Crippen LogP contribution in [0.2, 0.25) is 0 Å². The first kappa shape index (κ1) is 16.7. The number of fused-ring (bicyclic) bond motifs is 1. The molecule has 4 rings (SSSR count). The van der Waals surface area contributed by atoms with E-state index in [1.165, 1.54) is 0 Å². The van der Waals surface area contributed by atoms with Gasteiger partial charge >= 0.3 is 0 Å². The number of nitrogens with zero attached hydrogens (tertiary/aromatic N) is 1. The zero-order valence-electron chi connectivity index (χ0n) is 15.0. The molecule has 2 aliphatic rings. The molecule has 0 radical (unpaired) electrons. The van der Waals surface area contributed by atoms with Crippen LogP contribution in [0, 0.1) is 0 Å². The van der Waals surface area contributed by atoms with E-state index in [1.807, 2.05) is 24.3 Å². The summed E-state index contributed by atoms with van der Waals surface area (Å²) in [4.78, 5) is 14.8. The van der Waals surface area contributed by atoms with Gasteiger partial charge in [-0.25, -0.2) is 0 Å². The number of amides is 1. The fraction of sp³-hybridized carbons (Fsp3) is 0.350. The smallest absolute Gasteiger partial charge is 0.255 e. The summed E-state index contributed by atoms with van der Waals surface area (Å²) in [7, 11) is 0. The molecule has 2 aromatic rings. The minimum Gasteiger partial charge on any atom is -0.454 e. The lowest BCUT2D eigenvalue weighted by atomic mass is 10.0. The summed E-state index contributed by atoms with van der Waals surface area (Å²) in [5, 5.41) is 2.92. The Hall–Kier alpha value is -2.73. The second-order valence-electron chi connectivity index (χ2n) is 7.09. The lowest BCUT2D eigenvalue weighted by Gasteiger charge is -2.43. The number of rotatable bonds is 3. The molecular weight excluding hydrogens is 332 g/mol. The van der Waals surface area contributed by atoms with Gasteiger partial charge in [0.05, 0.1) is 18.8 Å². The average molecular weight is 354 g/mol. The Morgan fingerprint density at radius 1 is 1.08 bits per heavy atom. The van der Waals surface area contributed by atoms with E-state index in [9.17, 15) is 4.79 Å². The Labute approximate surface area is 152 Å². The van der Waals surface area contributed by atoms with Gasteiger partial charge in [-0.3, -0.25) is 4.79 Å². The molecule has 0 aliphatic carbocycles. The van der Waals surface area contributed by atoms with Crippen molar-refractivity contribution < 1.29 is 19.0 Å². The zero-order valence-corrected chi connectivity index (χ0v) is 15.0. The molecule has 0 bridgehead atoms. The van der Waals surface area contributed by atoms with E-state index in [1.54, 1.807) is 18.2 Å². The average Bonchev–Trinajstić information content (AvgIpc) is 3.10. The van der Waals surface area contributed by atoms with Crippen molar-refractivity contribution >= 4 is 17.3 Å². The third kappa shape index (κ3) is 3.20. The summed E-state index contributed by atoms with van der Waals surface area (Å²) in [6.07, 6.45) is 0. The van der Waals surface area contributed by atoms with Crippen molar-refractivity contribution in [3.63, 3.8) is 0 Å². The van der Waals surface area contributed by atoms with Crippen molar-refractivity contribution in [3.8, 4) is 11.5 Å². The van der Waals surface area contributed by atoms with Crippen molar-refractivity contribution in [2.75, 3.05) is 36.8 Å². The third-order valence-corrected chi connectivity index (χ3v) is 4.72. The second-order valence-corrected chi connectivity index (χ2v) is 7.09. The SMILES string of the molecule is CC1(C)COCCN1c1ccc(NC(=O)c2ccc3c(c2)OCO3)cc1. The molecule has 2 heterocycles. The van der Waals surface area contributed by atoms with Gasteiger partial charge in [0.15, 0.2) is 11.5 Å². The molecular formula is C20H22N2O4. The van der Waals surface area contributed by atoms with Gasteiger partial charge in [-0.1, -0.05) is 0 Å². The molecule has 26 heavy (non-hydrogen) atoms. The van der Waals surface area contributed by atoms with Gasteiger partial charge in [0.25, 0.3) is 5.91 Å². The van der Waals surface area contributed by atoms with Crippen LogP contribution in [0.4, 0.5) is 11.4 Å². The molecule has 0 spiro atoms. The van der Waals surface area contributed by atoms with E-state index in [-0.39, 0.29) is 18.2 Å². The standard InChI is InChI=1S/C20H22N2O4/c1-20(2)12-24-10-9-22(20)16-6-4-15(5-7-16)21-19(23)14-3-8-17-18(11-14)26-13-25-17/h3-8,11H,9-10,12-13H2,1-2H3,(H,21,23). The minimum absolute atomic E-state index is 0.0461. The maximum atomic E-state index is 12.5. The Morgan fingerprint density at radius 2 is 1.85 bits per heavy atom. The molecule has 0 atom stereocenters. The molecule has 1 saturated heterocycles. The van der Waals surface area contributed by atoms with Gasteiger partial charge in [-0.05, 0) is 56.3 Å². The van der Waals surface area contributed by atoms with Crippen LogP contribution in [0.5, 0.6) is 11.5 Å². The monoisotopic (exact) mass is 354 g/mol. The molecule has 0 saturated carbocycles. The first-order valence-corrected chi connectivity index (χ1v) is 8.69. The number of benzene rings is 2. The molecule has 2 aromatic carbocycles. The second kappa shape index (κ2) is 6.53. The summed E-state index contributed by atoms with van der Waals surface area (Å²) in [5.41, 5.74) is 2.37. The lowest BCUT2D eigenvalue weighted by Crippen LogP contribution is -2.53. The van der Waals surface area contributed by atoms with Crippen LogP contribution in [-0.2, 0) is 4.74 Å². The number of hydrogen-bond acceptors (Lipinski definition) is 5. The number of carbonyl (C=O) groups excluding carboxylic acids is 1. The first-order valence-electron chi connectivity index (χ1n) is 8.69. The number of nitrogens with one attached hydrogen (secondary N) is 1. The van der Waals surface area contributed by atoms with Crippen LogP contribution in [-0.4, -0.2) is 38.0 Å². The lowest BCUT2D eigenvalue weighted by molar-refractivity contribution is 0.0644. The van der Waals surface area contributed by atoms with E-state index >= 15 is 0 Å². The first-order chi connectivity index (χ1) is 12.5. The number of carbonyl (C=O) groups is 1. The van der Waals surface area contributed by atoms with Crippen LogP contribution < -0.4 is 19.7 Å². The highest BCUT2D eigenvalue weighted by Gasteiger charge is 2.30. The molecule has 6 heteroatoms. The molecule has 1 N–H and O–H groups in total. The highest BCUT2D eigenvalue weighted by atomic mass is 16.7. The summed E-state index contributed by atoms with van der Waals surface area (Å²) in [6.45, 7) is 6.82. The third-order valence-electron chi connectivity index (χ3n) is 4.72. The van der Waals surface area contributed by atoms with Gasteiger partial charge in [0.2, 0.25) is 6.79 Å². The van der Waals surface area contributed by atoms with Crippen molar-refractivity contribution in [2.24, 2.45) is 0 Å². The van der Waals surface area contributed by atoms with E-state index in [0.29, 0.717) is 23.7 Å². The molecule has 1 fully saturated rings. The summed E-state index contributed by atoms with van der Waals surface area (Å²) < 4.78 is 16.2. The summed E-state index contributed by atoms with van der Waals surface area (Å²) in [5.74, 6) is 1.09. The van der Waals surface area contributed by atoms with Crippen molar-refractivity contribution in [2.45, 2.75) is 19.4 Å². The number of ether oxygens (including phenoxy) is 3. The molecule has 1 amide bonds. The van der Waals surface area contributed by atoms with Gasteiger partial charge < -0.3 is 24.4 Å². The predicted molar refractivity (Wildman–Crippen MR) is 99.2 cm³/mol. The van der Waals surface area contributed by atoms with Crippen LogP contribution in [0.25, 0.3) is 0 Å². The van der Waals surface area contributed by atoms with E-state index in [2.05, 4.69) is 24.1 Å². The molecule has 0 unspecified atom stereocenters. The van der Waals surface area contributed by atoms with Gasteiger partial charge in [-0.2, -0.15) is 0 Å². The Balaban J connectivity index is 1.46. The minimum atomic E-state index is -0.178. The molecule has 0 aromatic heterocycles.